The van der Waals surface area contributed by atoms with Crippen LogP contribution >= 0.6 is 31.9 Å². The average molecular weight is 411 g/mol. The molecule has 1 aromatic rings. The maximum absolute atomic E-state index is 12.5. The van der Waals surface area contributed by atoms with E-state index in [-0.39, 0.29) is 10.9 Å². The van der Waals surface area contributed by atoms with Crippen molar-refractivity contribution in [2.75, 3.05) is 0 Å². The van der Waals surface area contributed by atoms with Crippen molar-refractivity contribution in [2.45, 2.75) is 37.6 Å². The molecule has 1 aliphatic rings. The Balaban J connectivity index is 2.26. The van der Waals surface area contributed by atoms with Crippen molar-refractivity contribution in [1.82, 2.24) is 4.72 Å². The first-order valence-electron chi connectivity index (χ1n) is 6.28. The zero-order chi connectivity index (χ0) is 14.2. The van der Waals surface area contributed by atoms with Crippen LogP contribution in [0.1, 0.15) is 26.7 Å². The number of rotatable bonds is 3. The molecule has 3 unspecified atom stereocenters. The highest BCUT2D eigenvalue weighted by Gasteiger charge is 2.33. The van der Waals surface area contributed by atoms with Crippen LogP contribution in [-0.4, -0.2) is 14.5 Å². The molecular weight excluding hydrogens is 394 g/mol. The Hall–Kier alpha value is 0.0900. The molecular formula is C13H17Br2NO2S. The van der Waals surface area contributed by atoms with E-state index in [9.17, 15) is 8.42 Å². The van der Waals surface area contributed by atoms with Crippen LogP contribution in [0, 0.1) is 11.8 Å². The Labute approximate surface area is 131 Å². The maximum atomic E-state index is 12.5. The van der Waals surface area contributed by atoms with E-state index < -0.39 is 10.0 Å². The fraction of sp³-hybridized carbons (Fsp3) is 0.538. The lowest BCUT2D eigenvalue weighted by Gasteiger charge is -2.20. The van der Waals surface area contributed by atoms with Crippen LogP contribution in [0.15, 0.2) is 32.0 Å². The third-order valence-corrected chi connectivity index (χ3v) is 6.93. The van der Waals surface area contributed by atoms with Crippen molar-refractivity contribution in [3.63, 3.8) is 0 Å². The molecule has 0 bridgehead atoms. The summed E-state index contributed by atoms with van der Waals surface area (Å²) in [5, 5.41) is 0. The van der Waals surface area contributed by atoms with Gasteiger partial charge in [0.1, 0.15) is 0 Å². The van der Waals surface area contributed by atoms with Gasteiger partial charge in [0, 0.05) is 15.0 Å². The lowest BCUT2D eigenvalue weighted by Crippen LogP contribution is -2.37. The topological polar surface area (TPSA) is 46.2 Å². The van der Waals surface area contributed by atoms with Crippen molar-refractivity contribution in [3.8, 4) is 0 Å². The van der Waals surface area contributed by atoms with Gasteiger partial charge in [0.25, 0.3) is 0 Å². The van der Waals surface area contributed by atoms with Crippen LogP contribution in [0.3, 0.4) is 0 Å². The molecule has 19 heavy (non-hydrogen) atoms. The van der Waals surface area contributed by atoms with E-state index in [1.54, 1.807) is 12.1 Å². The SMILES string of the molecule is CC1CCC(NS(=O)(=O)c2cc(Br)ccc2Br)C1C. The van der Waals surface area contributed by atoms with Gasteiger partial charge in [0.2, 0.25) is 10.0 Å². The first-order valence-corrected chi connectivity index (χ1v) is 9.35. The summed E-state index contributed by atoms with van der Waals surface area (Å²) in [5.74, 6) is 0.944. The summed E-state index contributed by atoms with van der Waals surface area (Å²) >= 11 is 6.61. The molecule has 3 nitrogen and oxygen atoms in total. The van der Waals surface area contributed by atoms with E-state index in [0.29, 0.717) is 16.3 Å². The van der Waals surface area contributed by atoms with E-state index in [1.807, 2.05) is 6.07 Å². The maximum Gasteiger partial charge on any atom is 0.241 e. The summed E-state index contributed by atoms with van der Waals surface area (Å²) in [5.41, 5.74) is 0. The minimum Gasteiger partial charge on any atom is -0.208 e. The fourth-order valence-electron chi connectivity index (χ4n) is 2.48. The Morgan fingerprint density at radius 2 is 1.89 bits per heavy atom. The van der Waals surface area contributed by atoms with Gasteiger partial charge in [-0.3, -0.25) is 0 Å². The van der Waals surface area contributed by atoms with Crippen LogP contribution in [-0.2, 0) is 10.0 Å². The van der Waals surface area contributed by atoms with E-state index >= 15 is 0 Å². The zero-order valence-corrected chi connectivity index (χ0v) is 14.8. The van der Waals surface area contributed by atoms with Gasteiger partial charge in [-0.05, 0) is 58.8 Å². The normalized spacial score (nSPS) is 27.7. The van der Waals surface area contributed by atoms with Crippen LogP contribution in [0.4, 0.5) is 0 Å². The quantitative estimate of drug-likeness (QED) is 0.820. The monoisotopic (exact) mass is 409 g/mol. The number of sulfonamides is 1. The summed E-state index contributed by atoms with van der Waals surface area (Å²) in [6.45, 7) is 4.29. The van der Waals surface area contributed by atoms with Gasteiger partial charge >= 0.3 is 0 Å². The third kappa shape index (κ3) is 3.40. The van der Waals surface area contributed by atoms with Crippen LogP contribution in [0.25, 0.3) is 0 Å². The first kappa shape index (κ1) is 15.5. The molecule has 6 heteroatoms. The van der Waals surface area contributed by atoms with E-state index in [0.717, 1.165) is 17.3 Å². The smallest absolute Gasteiger partial charge is 0.208 e. The molecule has 1 N–H and O–H groups in total. The lowest BCUT2D eigenvalue weighted by molar-refractivity contribution is 0.402. The summed E-state index contributed by atoms with van der Waals surface area (Å²) in [7, 11) is -3.48. The molecule has 1 saturated carbocycles. The van der Waals surface area contributed by atoms with Crippen molar-refractivity contribution in [1.29, 1.82) is 0 Å². The second kappa shape index (κ2) is 5.84. The third-order valence-electron chi connectivity index (χ3n) is 3.95. The molecule has 0 heterocycles. The number of hydrogen-bond donors (Lipinski definition) is 1. The molecule has 0 spiro atoms. The van der Waals surface area contributed by atoms with Crippen molar-refractivity contribution < 1.29 is 8.42 Å². The Morgan fingerprint density at radius 1 is 1.21 bits per heavy atom. The average Bonchev–Trinajstić information content (AvgIpc) is 2.63. The van der Waals surface area contributed by atoms with Crippen molar-refractivity contribution >= 4 is 41.9 Å². The molecule has 1 aliphatic carbocycles. The first-order chi connectivity index (χ1) is 8.81. The van der Waals surface area contributed by atoms with Gasteiger partial charge in [-0.1, -0.05) is 29.8 Å². The number of halogens is 2. The Kier molecular flexibility index (Phi) is 4.75. The molecule has 106 valence electrons. The Bertz CT molecular complexity index is 574. The summed E-state index contributed by atoms with van der Waals surface area (Å²) in [6, 6.07) is 5.20. The van der Waals surface area contributed by atoms with Crippen LogP contribution in [0.2, 0.25) is 0 Å². The van der Waals surface area contributed by atoms with E-state index in [1.165, 1.54) is 0 Å². The Morgan fingerprint density at radius 3 is 2.47 bits per heavy atom. The second-order valence-corrected chi connectivity index (χ2v) is 8.67. The highest BCUT2D eigenvalue weighted by molar-refractivity contribution is 9.11. The molecule has 0 aliphatic heterocycles. The van der Waals surface area contributed by atoms with Gasteiger partial charge in [0.05, 0.1) is 4.90 Å². The van der Waals surface area contributed by atoms with Crippen LogP contribution in [0.5, 0.6) is 0 Å². The van der Waals surface area contributed by atoms with Gasteiger partial charge in [-0.2, -0.15) is 0 Å². The standard InChI is InChI=1S/C13H17Br2NO2S/c1-8-3-6-12(9(8)2)16-19(17,18)13-7-10(14)4-5-11(13)15/h4-5,7-9,12,16H,3,6H2,1-2H3. The molecule has 0 amide bonds. The number of hydrogen-bond acceptors (Lipinski definition) is 2. The minimum atomic E-state index is -3.48. The fourth-order valence-corrected chi connectivity index (χ4v) is 5.34. The molecule has 0 aromatic heterocycles. The summed E-state index contributed by atoms with van der Waals surface area (Å²) in [4.78, 5) is 0.286. The molecule has 0 radical (unpaired) electrons. The predicted octanol–water partition coefficient (Wildman–Crippen LogP) is 3.92. The number of nitrogens with one attached hydrogen (secondary N) is 1. The van der Waals surface area contributed by atoms with Gasteiger partial charge in [0.15, 0.2) is 0 Å². The van der Waals surface area contributed by atoms with Gasteiger partial charge < -0.3 is 0 Å². The predicted molar refractivity (Wildman–Crippen MR) is 83.5 cm³/mol. The largest absolute Gasteiger partial charge is 0.241 e. The van der Waals surface area contributed by atoms with Crippen molar-refractivity contribution in [2.24, 2.45) is 11.8 Å². The molecule has 1 fully saturated rings. The number of benzene rings is 1. The highest BCUT2D eigenvalue weighted by atomic mass is 79.9. The molecule has 3 atom stereocenters. The van der Waals surface area contributed by atoms with Crippen LogP contribution < -0.4 is 4.72 Å². The van der Waals surface area contributed by atoms with E-state index in [4.69, 9.17) is 0 Å². The zero-order valence-electron chi connectivity index (χ0n) is 10.9. The molecule has 1 aromatic carbocycles. The highest BCUT2D eigenvalue weighted by Crippen LogP contribution is 2.33. The second-order valence-electron chi connectivity index (χ2n) is 5.22. The van der Waals surface area contributed by atoms with E-state index in [2.05, 4.69) is 50.4 Å². The summed E-state index contributed by atoms with van der Waals surface area (Å²) in [6.07, 6.45) is 1.99. The van der Waals surface area contributed by atoms with Crippen molar-refractivity contribution in [3.05, 3.63) is 27.1 Å². The lowest BCUT2D eigenvalue weighted by atomic mass is 9.98. The van der Waals surface area contributed by atoms with Gasteiger partial charge in [-0.25, -0.2) is 13.1 Å². The minimum absolute atomic E-state index is 0.0332. The van der Waals surface area contributed by atoms with Gasteiger partial charge in [-0.15, -0.1) is 0 Å². The molecule has 0 saturated heterocycles. The summed E-state index contributed by atoms with van der Waals surface area (Å²) < 4.78 is 29.1. The molecule has 2 rings (SSSR count).